The van der Waals surface area contributed by atoms with Crippen LogP contribution < -0.4 is 0 Å². The van der Waals surface area contributed by atoms with E-state index < -0.39 is 11.9 Å². The zero-order valence-corrected chi connectivity index (χ0v) is 6.95. The molecule has 12 heavy (non-hydrogen) atoms. The first-order valence-corrected chi connectivity index (χ1v) is 3.87. The number of hydrogen-bond donors (Lipinski definition) is 0. The van der Waals surface area contributed by atoms with Gasteiger partial charge in [-0.1, -0.05) is 6.92 Å². The summed E-state index contributed by atoms with van der Waals surface area (Å²) in [5.41, 5.74) is 0. The second kappa shape index (κ2) is 3.71. The SMILES string of the molecule is [B]N1CC(=O)OC(=O)[C@H](CC)C1. The minimum atomic E-state index is -0.571. The number of ether oxygens (including phenoxy) is 1. The summed E-state index contributed by atoms with van der Waals surface area (Å²) >= 11 is 0. The average molecular weight is 167 g/mol. The van der Waals surface area contributed by atoms with Crippen LogP contribution in [0.3, 0.4) is 0 Å². The first kappa shape index (κ1) is 9.25. The van der Waals surface area contributed by atoms with Crippen LogP contribution in [-0.2, 0) is 14.3 Å². The third-order valence-electron chi connectivity index (χ3n) is 1.83. The second-order valence-corrected chi connectivity index (χ2v) is 2.83. The van der Waals surface area contributed by atoms with Crippen molar-refractivity contribution < 1.29 is 14.3 Å². The molecule has 1 aliphatic rings. The molecule has 5 heteroatoms. The number of hydrogen-bond acceptors (Lipinski definition) is 4. The van der Waals surface area contributed by atoms with Gasteiger partial charge in [0, 0.05) is 6.54 Å². The van der Waals surface area contributed by atoms with Gasteiger partial charge in [-0.15, -0.1) is 0 Å². The van der Waals surface area contributed by atoms with Crippen molar-refractivity contribution >= 4 is 19.9 Å². The predicted molar refractivity (Wildman–Crippen MR) is 42.2 cm³/mol. The van der Waals surface area contributed by atoms with Crippen molar-refractivity contribution in [2.45, 2.75) is 13.3 Å². The Morgan fingerprint density at radius 1 is 1.67 bits per heavy atom. The third kappa shape index (κ3) is 2.07. The van der Waals surface area contributed by atoms with Crippen molar-refractivity contribution in [1.82, 2.24) is 4.81 Å². The van der Waals surface area contributed by atoms with Crippen molar-refractivity contribution in [1.29, 1.82) is 0 Å². The second-order valence-electron chi connectivity index (χ2n) is 2.83. The van der Waals surface area contributed by atoms with Crippen LogP contribution in [0, 0.1) is 5.92 Å². The summed E-state index contributed by atoms with van der Waals surface area (Å²) in [5.74, 6) is -1.31. The van der Waals surface area contributed by atoms with Gasteiger partial charge in [-0.25, -0.2) is 0 Å². The van der Waals surface area contributed by atoms with E-state index in [0.717, 1.165) is 0 Å². The molecular weight excluding hydrogens is 157 g/mol. The molecule has 0 amide bonds. The lowest BCUT2D eigenvalue weighted by molar-refractivity contribution is -0.160. The van der Waals surface area contributed by atoms with Crippen LogP contribution in [0.5, 0.6) is 0 Å². The Morgan fingerprint density at radius 2 is 2.33 bits per heavy atom. The summed E-state index contributed by atoms with van der Waals surface area (Å²) in [6.45, 7) is 2.23. The molecule has 0 aromatic carbocycles. The molecule has 1 atom stereocenters. The van der Waals surface area contributed by atoms with Gasteiger partial charge in [0.15, 0.2) is 7.98 Å². The number of cyclic esters (lactones) is 2. The van der Waals surface area contributed by atoms with Crippen molar-refractivity contribution in [3.8, 4) is 0 Å². The lowest BCUT2D eigenvalue weighted by Gasteiger charge is -2.14. The molecule has 1 saturated heterocycles. The molecule has 0 unspecified atom stereocenters. The molecule has 0 saturated carbocycles. The molecule has 2 radical (unpaired) electrons. The van der Waals surface area contributed by atoms with Crippen LogP contribution >= 0.6 is 0 Å². The molecule has 0 spiro atoms. The number of nitrogens with zero attached hydrogens (tertiary/aromatic N) is 1. The Labute approximate surface area is 72.3 Å². The molecule has 64 valence electrons. The van der Waals surface area contributed by atoms with Crippen molar-refractivity contribution in [3.05, 3.63) is 0 Å². The largest absolute Gasteiger partial charge is 0.392 e. The Kier molecular flexibility index (Phi) is 2.86. The molecule has 1 aliphatic heterocycles. The van der Waals surface area contributed by atoms with Gasteiger partial charge in [-0.3, -0.25) is 9.59 Å². The summed E-state index contributed by atoms with van der Waals surface area (Å²) < 4.78 is 4.49. The van der Waals surface area contributed by atoms with E-state index in [2.05, 4.69) is 4.74 Å². The highest BCUT2D eigenvalue weighted by Crippen LogP contribution is 2.10. The smallest absolute Gasteiger partial charge is 0.326 e. The lowest BCUT2D eigenvalue weighted by atomic mass is 10.1. The van der Waals surface area contributed by atoms with Crippen molar-refractivity contribution in [2.75, 3.05) is 13.1 Å². The number of carbonyl (C=O) groups excluding carboxylic acids is 2. The van der Waals surface area contributed by atoms with Gasteiger partial charge in [-0.2, -0.15) is 0 Å². The average Bonchev–Trinajstić information content (AvgIpc) is 2.09. The maximum absolute atomic E-state index is 11.1. The van der Waals surface area contributed by atoms with Gasteiger partial charge >= 0.3 is 11.9 Å². The third-order valence-corrected chi connectivity index (χ3v) is 1.83. The maximum atomic E-state index is 11.1. The standard InChI is InChI=1S/C7H10BNO3/c1-2-5-3-9(8)4-6(10)12-7(5)11/h5H,2-4H2,1H3/t5-/m1/s1. The van der Waals surface area contributed by atoms with E-state index in [4.69, 9.17) is 7.98 Å². The van der Waals surface area contributed by atoms with Crippen LogP contribution in [0.15, 0.2) is 0 Å². The first-order chi connectivity index (χ1) is 5.63. The van der Waals surface area contributed by atoms with Crippen molar-refractivity contribution in [2.24, 2.45) is 5.92 Å². The van der Waals surface area contributed by atoms with Crippen LogP contribution in [0.25, 0.3) is 0 Å². The minimum absolute atomic E-state index is 0.0117. The summed E-state index contributed by atoms with van der Waals surface area (Å²) in [5, 5.41) is 0. The molecule has 0 aromatic rings. The quantitative estimate of drug-likeness (QED) is 0.299. The maximum Gasteiger partial charge on any atom is 0.326 e. The lowest BCUT2D eigenvalue weighted by Crippen LogP contribution is -2.29. The molecule has 0 N–H and O–H groups in total. The molecule has 1 heterocycles. The summed E-state index contributed by atoms with van der Waals surface area (Å²) in [4.78, 5) is 23.2. The van der Waals surface area contributed by atoms with Gasteiger partial charge in [0.25, 0.3) is 0 Å². The van der Waals surface area contributed by atoms with E-state index in [-0.39, 0.29) is 12.5 Å². The topological polar surface area (TPSA) is 46.6 Å². The summed E-state index contributed by atoms with van der Waals surface area (Å²) in [6, 6.07) is 0. The van der Waals surface area contributed by atoms with E-state index >= 15 is 0 Å². The number of rotatable bonds is 1. The van der Waals surface area contributed by atoms with E-state index in [1.165, 1.54) is 4.81 Å². The molecule has 1 rings (SSSR count). The van der Waals surface area contributed by atoms with Crippen LogP contribution in [-0.4, -0.2) is 37.8 Å². The number of carbonyl (C=O) groups is 2. The van der Waals surface area contributed by atoms with E-state index in [0.29, 0.717) is 13.0 Å². The fraction of sp³-hybridized carbons (Fsp3) is 0.714. The predicted octanol–water partition coefficient (Wildman–Crippen LogP) is -0.519. The molecule has 0 aromatic heterocycles. The van der Waals surface area contributed by atoms with Crippen molar-refractivity contribution in [3.63, 3.8) is 0 Å². The molecule has 4 nitrogen and oxygen atoms in total. The highest BCUT2D eigenvalue weighted by Gasteiger charge is 2.27. The monoisotopic (exact) mass is 167 g/mol. The van der Waals surface area contributed by atoms with Gasteiger partial charge in [0.05, 0.1) is 12.5 Å². The highest BCUT2D eigenvalue weighted by atomic mass is 16.6. The van der Waals surface area contributed by atoms with Crippen LogP contribution in [0.2, 0.25) is 0 Å². The molecule has 1 fully saturated rings. The van der Waals surface area contributed by atoms with Crippen LogP contribution in [0.4, 0.5) is 0 Å². The zero-order valence-electron chi connectivity index (χ0n) is 6.95. The summed E-state index contributed by atoms with van der Waals surface area (Å²) in [6.07, 6.45) is 0.639. The minimum Gasteiger partial charge on any atom is -0.392 e. The highest BCUT2D eigenvalue weighted by molar-refractivity contribution is 6.06. The Bertz CT molecular complexity index is 207. The Balaban J connectivity index is 2.67. The normalized spacial score (nSPS) is 26.6. The van der Waals surface area contributed by atoms with E-state index in [1.807, 2.05) is 6.92 Å². The van der Waals surface area contributed by atoms with Gasteiger partial charge in [-0.05, 0) is 6.42 Å². The molecular formula is C7H10BNO3. The summed E-state index contributed by atoms with van der Waals surface area (Å²) in [7, 11) is 5.43. The first-order valence-electron chi connectivity index (χ1n) is 3.87. The zero-order chi connectivity index (χ0) is 9.14. The van der Waals surface area contributed by atoms with E-state index in [1.54, 1.807) is 0 Å². The molecule has 0 bridgehead atoms. The molecule has 0 aliphatic carbocycles. The Morgan fingerprint density at radius 3 is 2.92 bits per heavy atom. The van der Waals surface area contributed by atoms with E-state index in [9.17, 15) is 9.59 Å². The van der Waals surface area contributed by atoms with Gasteiger partial charge in [0.1, 0.15) is 0 Å². The Hall–Kier alpha value is -0.835. The fourth-order valence-corrected chi connectivity index (χ4v) is 1.11. The number of esters is 2. The van der Waals surface area contributed by atoms with Gasteiger partial charge in [0.2, 0.25) is 0 Å². The fourth-order valence-electron chi connectivity index (χ4n) is 1.11. The van der Waals surface area contributed by atoms with Gasteiger partial charge < -0.3 is 9.55 Å². The van der Waals surface area contributed by atoms with Crippen LogP contribution in [0.1, 0.15) is 13.3 Å².